The van der Waals surface area contributed by atoms with Crippen LogP contribution in [0.5, 0.6) is 0 Å². The number of rotatable bonds is 8. The molecule has 9 nitrogen and oxygen atoms in total. The van der Waals surface area contributed by atoms with Gasteiger partial charge in [0.05, 0.1) is 19.8 Å². The first-order valence-corrected chi connectivity index (χ1v) is 10.5. The molecule has 3 aromatic rings. The number of hydrogen-bond donors (Lipinski definition) is 2. The number of fused-ring (bicyclic) bond motifs is 1. The number of esters is 3. The van der Waals surface area contributed by atoms with E-state index in [0.717, 1.165) is 27.8 Å². The van der Waals surface area contributed by atoms with Crippen molar-refractivity contribution < 1.29 is 33.4 Å². The number of benzene rings is 1. The third kappa shape index (κ3) is 4.97. The van der Waals surface area contributed by atoms with Gasteiger partial charge in [-0.2, -0.15) is 0 Å². The highest BCUT2D eigenvalue weighted by atomic mass is 32.1. The third-order valence-corrected chi connectivity index (χ3v) is 5.98. The number of nitrogens with one attached hydrogen (secondary N) is 2. The van der Waals surface area contributed by atoms with Gasteiger partial charge in [0.2, 0.25) is 0 Å². The number of ether oxygens (including phenoxy) is 3. The average molecular weight is 458 g/mol. The number of carbonyl (C=O) groups excluding carboxylic acids is 4. The van der Waals surface area contributed by atoms with Gasteiger partial charge in [-0.05, 0) is 30.5 Å². The molecule has 168 valence electrons. The van der Waals surface area contributed by atoms with Crippen molar-refractivity contribution >= 4 is 51.1 Å². The van der Waals surface area contributed by atoms with Crippen LogP contribution in [0.3, 0.4) is 0 Å². The smallest absolute Gasteiger partial charge is 0.348 e. The largest absolute Gasteiger partial charge is 0.465 e. The second-order valence-corrected chi connectivity index (χ2v) is 7.83. The summed E-state index contributed by atoms with van der Waals surface area (Å²) in [7, 11) is 2.41. The Hall–Kier alpha value is -3.66. The number of thiophene rings is 1. The first-order valence-electron chi connectivity index (χ1n) is 9.66. The van der Waals surface area contributed by atoms with Crippen molar-refractivity contribution in [2.24, 2.45) is 0 Å². The van der Waals surface area contributed by atoms with Gasteiger partial charge in [-0.3, -0.25) is 9.59 Å². The van der Waals surface area contributed by atoms with Crippen LogP contribution in [-0.2, 0) is 30.2 Å². The van der Waals surface area contributed by atoms with Gasteiger partial charge in [-0.25, -0.2) is 9.59 Å². The minimum atomic E-state index is -0.708. The molecule has 1 aromatic carbocycles. The van der Waals surface area contributed by atoms with Crippen LogP contribution in [0.15, 0.2) is 30.5 Å². The Bertz CT molecular complexity index is 1180. The summed E-state index contributed by atoms with van der Waals surface area (Å²) in [6.45, 7) is 1.02. The molecule has 0 unspecified atom stereocenters. The number of anilines is 1. The molecule has 2 heterocycles. The highest BCUT2D eigenvalue weighted by molar-refractivity contribution is 7.18. The van der Waals surface area contributed by atoms with Crippen LogP contribution in [0.4, 0.5) is 5.00 Å². The number of methoxy groups -OCH3 is 2. The van der Waals surface area contributed by atoms with E-state index >= 15 is 0 Å². The zero-order chi connectivity index (χ0) is 23.3. The van der Waals surface area contributed by atoms with Gasteiger partial charge in [0.15, 0.2) is 6.61 Å². The van der Waals surface area contributed by atoms with E-state index in [4.69, 9.17) is 14.2 Å². The normalized spacial score (nSPS) is 10.6. The Balaban J connectivity index is 1.59. The van der Waals surface area contributed by atoms with Gasteiger partial charge in [-0.1, -0.05) is 18.2 Å². The summed E-state index contributed by atoms with van der Waals surface area (Å²) in [5, 5.41) is 3.65. The lowest BCUT2D eigenvalue weighted by Crippen LogP contribution is -2.21. The lowest BCUT2D eigenvalue weighted by atomic mass is 10.1. The highest BCUT2D eigenvalue weighted by Gasteiger charge is 2.27. The predicted molar refractivity (Wildman–Crippen MR) is 118 cm³/mol. The molecular weight excluding hydrogens is 436 g/mol. The minimum Gasteiger partial charge on any atom is -0.465 e. The second kappa shape index (κ2) is 10.1. The lowest BCUT2D eigenvalue weighted by molar-refractivity contribution is -0.147. The maximum Gasteiger partial charge on any atom is 0.348 e. The average Bonchev–Trinajstić information content (AvgIpc) is 3.36. The fourth-order valence-corrected chi connectivity index (χ4v) is 4.32. The molecule has 2 N–H and O–H groups in total. The van der Waals surface area contributed by atoms with Gasteiger partial charge in [0.1, 0.15) is 9.88 Å². The van der Waals surface area contributed by atoms with E-state index in [1.54, 1.807) is 6.92 Å². The SMILES string of the molecule is COC(=O)c1sc(NC(=O)COC(=O)CCc2c[nH]c3ccccc23)c(C(=O)OC)c1C. The Kier molecular flexibility index (Phi) is 7.26. The summed E-state index contributed by atoms with van der Waals surface area (Å²) in [5.74, 6) is -2.52. The van der Waals surface area contributed by atoms with Crippen molar-refractivity contribution in [3.8, 4) is 0 Å². The topological polar surface area (TPSA) is 124 Å². The van der Waals surface area contributed by atoms with Gasteiger partial charge >= 0.3 is 17.9 Å². The van der Waals surface area contributed by atoms with E-state index < -0.39 is 30.4 Å². The number of amides is 1. The molecule has 1 amide bonds. The van der Waals surface area contributed by atoms with Crippen LogP contribution in [0, 0.1) is 6.92 Å². The molecule has 0 bridgehead atoms. The molecule has 0 atom stereocenters. The fraction of sp³-hybridized carbons (Fsp3) is 0.273. The molecule has 0 fully saturated rings. The summed E-state index contributed by atoms with van der Waals surface area (Å²) in [6.07, 6.45) is 2.41. The van der Waals surface area contributed by atoms with Gasteiger partial charge in [0.25, 0.3) is 5.91 Å². The standard InChI is InChI=1S/C22H22N2O7S/c1-12-18(21(27)29-2)20(32-19(12)22(28)30-3)24-16(25)11-31-17(26)9-8-13-10-23-15-7-5-4-6-14(13)15/h4-7,10,23H,8-9,11H2,1-3H3,(H,24,25). The maximum absolute atomic E-state index is 12.3. The third-order valence-electron chi connectivity index (χ3n) is 4.80. The molecule has 0 radical (unpaired) electrons. The Morgan fingerprint density at radius 3 is 2.50 bits per heavy atom. The quantitative estimate of drug-likeness (QED) is 0.392. The first kappa shape index (κ1) is 23.0. The van der Waals surface area contributed by atoms with Crippen LogP contribution < -0.4 is 5.32 Å². The van der Waals surface area contributed by atoms with Crippen LogP contribution in [0.1, 0.15) is 37.6 Å². The Morgan fingerprint density at radius 1 is 1.06 bits per heavy atom. The van der Waals surface area contributed by atoms with Crippen LogP contribution in [-0.4, -0.2) is 49.6 Å². The number of para-hydroxylation sites is 1. The molecule has 0 aliphatic heterocycles. The first-order chi connectivity index (χ1) is 15.3. The minimum absolute atomic E-state index is 0.0527. The lowest BCUT2D eigenvalue weighted by Gasteiger charge is -2.07. The Morgan fingerprint density at radius 2 is 1.78 bits per heavy atom. The van der Waals surface area contributed by atoms with Gasteiger partial charge in [-0.15, -0.1) is 11.3 Å². The van der Waals surface area contributed by atoms with Crippen LogP contribution in [0.25, 0.3) is 10.9 Å². The summed E-state index contributed by atoms with van der Waals surface area (Å²) >= 11 is 0.883. The number of H-pyrrole nitrogens is 1. The van der Waals surface area contributed by atoms with Gasteiger partial charge in [0, 0.05) is 23.5 Å². The molecule has 0 saturated carbocycles. The summed E-state index contributed by atoms with van der Waals surface area (Å²) in [4.78, 5) is 51.7. The summed E-state index contributed by atoms with van der Waals surface area (Å²) in [6, 6.07) is 7.75. The molecule has 0 saturated heterocycles. The highest BCUT2D eigenvalue weighted by Crippen LogP contribution is 2.34. The summed E-state index contributed by atoms with van der Waals surface area (Å²) < 4.78 is 14.5. The zero-order valence-electron chi connectivity index (χ0n) is 17.8. The van der Waals surface area contributed by atoms with Crippen LogP contribution >= 0.6 is 11.3 Å². The molecular formula is C22H22N2O7S. The molecule has 3 rings (SSSR count). The van der Waals surface area contributed by atoms with Gasteiger partial charge < -0.3 is 24.5 Å². The van der Waals surface area contributed by atoms with Crippen molar-refractivity contribution in [3.05, 3.63) is 52.0 Å². The molecule has 0 spiro atoms. The van der Waals surface area contributed by atoms with Crippen molar-refractivity contribution in [2.45, 2.75) is 19.8 Å². The fourth-order valence-electron chi connectivity index (χ4n) is 3.19. The van der Waals surface area contributed by atoms with E-state index in [0.29, 0.717) is 12.0 Å². The number of aromatic amines is 1. The maximum atomic E-state index is 12.3. The molecule has 10 heteroatoms. The molecule has 32 heavy (non-hydrogen) atoms. The van der Waals surface area contributed by atoms with Crippen LogP contribution in [0.2, 0.25) is 0 Å². The van der Waals surface area contributed by atoms with E-state index in [1.165, 1.54) is 14.2 Å². The van der Waals surface area contributed by atoms with Crippen molar-refractivity contribution in [1.82, 2.24) is 4.98 Å². The number of hydrogen-bond acceptors (Lipinski definition) is 8. The molecule has 2 aromatic heterocycles. The van der Waals surface area contributed by atoms with E-state index in [9.17, 15) is 19.2 Å². The summed E-state index contributed by atoms with van der Waals surface area (Å²) in [5.41, 5.74) is 2.35. The van der Waals surface area contributed by atoms with E-state index in [1.807, 2.05) is 30.5 Å². The number of aryl methyl sites for hydroxylation is 1. The predicted octanol–water partition coefficient (Wildman–Crippen LogP) is 3.23. The van der Waals surface area contributed by atoms with E-state index in [-0.39, 0.29) is 21.9 Å². The Labute approximate surface area is 187 Å². The monoisotopic (exact) mass is 458 g/mol. The molecule has 0 aliphatic carbocycles. The van der Waals surface area contributed by atoms with Crippen molar-refractivity contribution in [3.63, 3.8) is 0 Å². The number of carbonyl (C=O) groups is 4. The second-order valence-electron chi connectivity index (χ2n) is 6.81. The molecule has 0 aliphatic rings. The number of aromatic nitrogens is 1. The van der Waals surface area contributed by atoms with Crippen molar-refractivity contribution in [1.29, 1.82) is 0 Å². The zero-order valence-corrected chi connectivity index (χ0v) is 18.6. The van der Waals surface area contributed by atoms with Crippen molar-refractivity contribution in [2.75, 3.05) is 26.1 Å². The van der Waals surface area contributed by atoms with E-state index in [2.05, 4.69) is 10.3 Å².